The molecule has 0 unspecified atom stereocenters. The molecule has 1 fully saturated rings. The van der Waals surface area contributed by atoms with Gasteiger partial charge in [-0.05, 0) is 41.9 Å². The van der Waals surface area contributed by atoms with E-state index in [0.29, 0.717) is 12.8 Å². The Labute approximate surface area is 114 Å². The van der Waals surface area contributed by atoms with Crippen LogP contribution in [-0.2, 0) is 15.6 Å². The van der Waals surface area contributed by atoms with Gasteiger partial charge in [0.1, 0.15) is 5.75 Å². The second-order valence-corrected chi connectivity index (χ2v) is 6.68. The predicted molar refractivity (Wildman–Crippen MR) is 74.7 cm³/mol. The number of hydrogen-bond acceptors (Lipinski definition) is 2. The molecule has 3 heteroatoms. The minimum Gasteiger partial charge on any atom is -0.507 e. The molecular formula is C16H22O3. The van der Waals surface area contributed by atoms with Crippen LogP contribution in [-0.4, -0.2) is 16.2 Å². The number of aromatic hydroxyl groups is 1. The number of phenolic OH excluding ortho intramolecular Hbond substituents is 1. The molecule has 2 rings (SSSR count). The summed E-state index contributed by atoms with van der Waals surface area (Å²) < 4.78 is 0. The maximum Gasteiger partial charge on any atom is 0.314 e. The van der Waals surface area contributed by atoms with Crippen LogP contribution in [0.25, 0.3) is 0 Å². The van der Waals surface area contributed by atoms with E-state index in [2.05, 4.69) is 0 Å². The smallest absolute Gasteiger partial charge is 0.314 e. The van der Waals surface area contributed by atoms with E-state index in [1.165, 1.54) is 0 Å². The number of carboxylic acid groups (broad SMARTS) is 1. The molecular weight excluding hydrogens is 240 g/mol. The van der Waals surface area contributed by atoms with E-state index in [1.54, 1.807) is 0 Å². The van der Waals surface area contributed by atoms with E-state index in [1.807, 2.05) is 39.8 Å². The summed E-state index contributed by atoms with van der Waals surface area (Å²) in [5.74, 6) is -0.459. The molecule has 0 spiro atoms. The summed E-state index contributed by atoms with van der Waals surface area (Å²) in [4.78, 5) is 11.6. The first kappa shape index (κ1) is 13.9. The molecule has 0 bridgehead atoms. The molecule has 0 aliphatic heterocycles. The highest BCUT2D eigenvalue weighted by atomic mass is 16.4. The maximum atomic E-state index is 11.6. The van der Waals surface area contributed by atoms with E-state index >= 15 is 0 Å². The Kier molecular flexibility index (Phi) is 3.12. The number of phenols is 1. The van der Waals surface area contributed by atoms with Gasteiger partial charge in [-0.2, -0.15) is 0 Å². The van der Waals surface area contributed by atoms with Gasteiger partial charge in [0.2, 0.25) is 0 Å². The van der Waals surface area contributed by atoms with Crippen LogP contribution in [0.4, 0.5) is 0 Å². The number of rotatable bonds is 2. The second-order valence-electron chi connectivity index (χ2n) is 6.68. The van der Waals surface area contributed by atoms with Gasteiger partial charge in [-0.3, -0.25) is 4.79 Å². The molecule has 19 heavy (non-hydrogen) atoms. The van der Waals surface area contributed by atoms with Crippen molar-refractivity contribution in [3.63, 3.8) is 0 Å². The van der Waals surface area contributed by atoms with E-state index in [4.69, 9.17) is 0 Å². The zero-order chi connectivity index (χ0) is 14.4. The number of carboxylic acids is 1. The predicted octanol–water partition coefficient (Wildman–Crippen LogP) is 3.50. The van der Waals surface area contributed by atoms with E-state index in [0.717, 1.165) is 23.1 Å². The monoisotopic (exact) mass is 262 g/mol. The molecule has 0 aromatic heterocycles. The maximum absolute atomic E-state index is 11.6. The number of aliphatic carboxylic acids is 1. The van der Waals surface area contributed by atoms with E-state index < -0.39 is 11.4 Å². The van der Waals surface area contributed by atoms with Crippen LogP contribution >= 0.6 is 0 Å². The highest BCUT2D eigenvalue weighted by Crippen LogP contribution is 2.46. The summed E-state index contributed by atoms with van der Waals surface area (Å²) in [5, 5.41) is 19.7. The van der Waals surface area contributed by atoms with Crippen molar-refractivity contribution in [3.05, 3.63) is 28.8 Å². The largest absolute Gasteiger partial charge is 0.507 e. The average Bonchev–Trinajstić information content (AvgIpc) is 2.18. The van der Waals surface area contributed by atoms with Crippen LogP contribution in [0.5, 0.6) is 5.75 Å². The molecule has 0 radical (unpaired) electrons. The van der Waals surface area contributed by atoms with Gasteiger partial charge in [0, 0.05) is 0 Å². The van der Waals surface area contributed by atoms with Gasteiger partial charge in [-0.15, -0.1) is 0 Å². The van der Waals surface area contributed by atoms with Gasteiger partial charge in [-0.25, -0.2) is 0 Å². The van der Waals surface area contributed by atoms with E-state index in [9.17, 15) is 15.0 Å². The van der Waals surface area contributed by atoms with Crippen LogP contribution in [0.3, 0.4) is 0 Å². The Morgan fingerprint density at radius 3 is 2.21 bits per heavy atom. The second kappa shape index (κ2) is 4.26. The molecule has 1 aromatic carbocycles. The third kappa shape index (κ3) is 2.11. The SMILES string of the molecule is Cc1cc(C2(C(=O)O)CCC2)cc(C(C)(C)C)c1O. The Balaban J connectivity index is 2.60. The van der Waals surface area contributed by atoms with Crippen molar-refractivity contribution in [2.45, 2.75) is 57.8 Å². The molecule has 0 atom stereocenters. The lowest BCUT2D eigenvalue weighted by Crippen LogP contribution is -2.42. The Hall–Kier alpha value is -1.51. The van der Waals surface area contributed by atoms with Crippen molar-refractivity contribution in [3.8, 4) is 5.75 Å². The van der Waals surface area contributed by atoms with Crippen molar-refractivity contribution >= 4 is 5.97 Å². The molecule has 1 aromatic rings. The first-order valence-corrected chi connectivity index (χ1v) is 6.76. The fourth-order valence-corrected chi connectivity index (χ4v) is 2.78. The van der Waals surface area contributed by atoms with Gasteiger partial charge in [0.05, 0.1) is 5.41 Å². The summed E-state index contributed by atoms with van der Waals surface area (Å²) in [6.45, 7) is 7.92. The van der Waals surface area contributed by atoms with Gasteiger partial charge in [0.25, 0.3) is 0 Å². The van der Waals surface area contributed by atoms with Crippen LogP contribution in [0.1, 0.15) is 56.7 Å². The minimum absolute atomic E-state index is 0.200. The zero-order valence-electron chi connectivity index (χ0n) is 12.1. The fourth-order valence-electron chi connectivity index (χ4n) is 2.78. The third-order valence-corrected chi connectivity index (χ3v) is 4.28. The van der Waals surface area contributed by atoms with Crippen molar-refractivity contribution in [1.29, 1.82) is 0 Å². The Morgan fingerprint density at radius 1 is 1.26 bits per heavy atom. The highest BCUT2D eigenvalue weighted by molar-refractivity contribution is 5.83. The van der Waals surface area contributed by atoms with Gasteiger partial charge in [-0.1, -0.05) is 39.3 Å². The van der Waals surface area contributed by atoms with E-state index in [-0.39, 0.29) is 11.2 Å². The molecule has 0 heterocycles. The van der Waals surface area contributed by atoms with Gasteiger partial charge < -0.3 is 10.2 Å². The van der Waals surface area contributed by atoms with Crippen LogP contribution in [0.15, 0.2) is 12.1 Å². The first-order valence-electron chi connectivity index (χ1n) is 6.76. The topological polar surface area (TPSA) is 57.5 Å². The zero-order valence-corrected chi connectivity index (χ0v) is 12.1. The summed E-state index contributed by atoms with van der Waals surface area (Å²) >= 11 is 0. The van der Waals surface area contributed by atoms with Crippen LogP contribution in [0, 0.1) is 6.92 Å². The summed E-state index contributed by atoms with van der Waals surface area (Å²) in [6.07, 6.45) is 2.34. The summed E-state index contributed by atoms with van der Waals surface area (Å²) in [6, 6.07) is 3.72. The highest BCUT2D eigenvalue weighted by Gasteiger charge is 2.46. The molecule has 1 aliphatic carbocycles. The number of carbonyl (C=O) groups is 1. The molecule has 3 nitrogen and oxygen atoms in total. The Morgan fingerprint density at radius 2 is 1.84 bits per heavy atom. The molecule has 0 saturated heterocycles. The normalized spacial score (nSPS) is 17.9. The van der Waals surface area contributed by atoms with Crippen molar-refractivity contribution in [2.75, 3.05) is 0 Å². The van der Waals surface area contributed by atoms with Crippen molar-refractivity contribution in [1.82, 2.24) is 0 Å². The summed E-state index contributed by atoms with van der Waals surface area (Å²) in [5.41, 5.74) is 1.49. The van der Waals surface area contributed by atoms with Crippen molar-refractivity contribution in [2.24, 2.45) is 0 Å². The number of aryl methyl sites for hydroxylation is 1. The van der Waals surface area contributed by atoms with Crippen LogP contribution in [0.2, 0.25) is 0 Å². The Bertz CT molecular complexity index is 520. The third-order valence-electron chi connectivity index (χ3n) is 4.28. The molecule has 0 amide bonds. The minimum atomic E-state index is -0.747. The van der Waals surface area contributed by atoms with Crippen LogP contribution < -0.4 is 0 Å². The van der Waals surface area contributed by atoms with Gasteiger partial charge >= 0.3 is 5.97 Å². The summed E-state index contributed by atoms with van der Waals surface area (Å²) in [7, 11) is 0. The number of hydrogen-bond donors (Lipinski definition) is 2. The average molecular weight is 262 g/mol. The lowest BCUT2D eigenvalue weighted by atomic mass is 9.63. The first-order chi connectivity index (χ1) is 8.68. The number of benzene rings is 1. The van der Waals surface area contributed by atoms with Crippen molar-refractivity contribution < 1.29 is 15.0 Å². The molecule has 2 N–H and O–H groups in total. The van der Waals surface area contributed by atoms with Gasteiger partial charge in [0.15, 0.2) is 0 Å². The standard InChI is InChI=1S/C16H22O3/c1-10-8-11(16(14(18)19)6-5-7-16)9-12(13(10)17)15(2,3)4/h8-9,17H,5-7H2,1-4H3,(H,18,19). The molecule has 104 valence electrons. The lowest BCUT2D eigenvalue weighted by molar-refractivity contribution is -0.147. The molecule has 1 aliphatic rings. The fraction of sp³-hybridized carbons (Fsp3) is 0.562. The lowest BCUT2D eigenvalue weighted by Gasteiger charge is -2.39. The molecule has 1 saturated carbocycles. The quantitative estimate of drug-likeness (QED) is 0.857.